The van der Waals surface area contributed by atoms with E-state index in [1.54, 1.807) is 5.38 Å². The largest absolute Gasteiger partial charge is 0.332 e. The van der Waals surface area contributed by atoms with Crippen LogP contribution in [0.4, 0.5) is 28.4 Å². The Labute approximate surface area is 139 Å². The van der Waals surface area contributed by atoms with E-state index in [-0.39, 0.29) is 23.8 Å². The molecule has 1 aromatic heterocycles. The van der Waals surface area contributed by atoms with Gasteiger partial charge in [0.15, 0.2) is 22.6 Å². The fourth-order valence-electron chi connectivity index (χ4n) is 1.82. The zero-order valence-electron chi connectivity index (χ0n) is 11.3. The van der Waals surface area contributed by atoms with Crippen LogP contribution in [0.25, 0.3) is 11.3 Å². The topological polar surface area (TPSA) is 24.9 Å². The first-order valence-electron chi connectivity index (χ1n) is 6.16. The van der Waals surface area contributed by atoms with E-state index in [1.807, 2.05) is 0 Å². The molecule has 0 amide bonds. The molecular formula is C15H9ClF4N2S. The number of nitrogens with one attached hydrogen (secondary N) is 1. The predicted molar refractivity (Wildman–Crippen MR) is 84.4 cm³/mol. The number of aromatic nitrogens is 1. The van der Waals surface area contributed by atoms with Crippen LogP contribution in [-0.4, -0.2) is 4.98 Å². The number of nitrogens with zero attached hydrogens (tertiary/aromatic N) is 1. The molecule has 0 spiro atoms. The molecule has 0 aliphatic rings. The van der Waals surface area contributed by atoms with E-state index in [4.69, 9.17) is 0 Å². The number of benzene rings is 2. The summed E-state index contributed by atoms with van der Waals surface area (Å²) < 4.78 is 52.2. The number of rotatable bonds is 3. The zero-order chi connectivity index (χ0) is 15.7. The first-order valence-corrected chi connectivity index (χ1v) is 7.04. The van der Waals surface area contributed by atoms with Crippen molar-refractivity contribution in [2.24, 2.45) is 0 Å². The third-order valence-corrected chi connectivity index (χ3v) is 3.64. The van der Waals surface area contributed by atoms with Crippen LogP contribution in [0.5, 0.6) is 0 Å². The van der Waals surface area contributed by atoms with E-state index in [0.29, 0.717) is 16.5 Å². The van der Waals surface area contributed by atoms with Crippen LogP contribution >= 0.6 is 23.7 Å². The molecule has 0 aliphatic heterocycles. The molecular weight excluding hydrogens is 352 g/mol. The SMILES string of the molecule is Cl.Fc1ccc(Nc2nc(-c3cc(F)c(F)c(F)c3)cs2)cc1. The summed E-state index contributed by atoms with van der Waals surface area (Å²) in [5, 5.41) is 4.99. The van der Waals surface area contributed by atoms with Gasteiger partial charge >= 0.3 is 0 Å². The Kier molecular flexibility index (Phi) is 5.23. The Morgan fingerprint density at radius 1 is 0.913 bits per heavy atom. The van der Waals surface area contributed by atoms with Gasteiger partial charge in [0.25, 0.3) is 0 Å². The lowest BCUT2D eigenvalue weighted by molar-refractivity contribution is 0.447. The molecule has 23 heavy (non-hydrogen) atoms. The van der Waals surface area contributed by atoms with E-state index in [0.717, 1.165) is 12.1 Å². The molecule has 0 atom stereocenters. The fourth-order valence-corrected chi connectivity index (χ4v) is 2.56. The van der Waals surface area contributed by atoms with Gasteiger partial charge in [-0.25, -0.2) is 22.5 Å². The summed E-state index contributed by atoms with van der Waals surface area (Å²) >= 11 is 1.20. The first kappa shape index (κ1) is 17.2. The van der Waals surface area contributed by atoms with Gasteiger partial charge < -0.3 is 5.32 Å². The smallest absolute Gasteiger partial charge is 0.194 e. The summed E-state index contributed by atoms with van der Waals surface area (Å²) in [5.41, 5.74) is 1.07. The maximum atomic E-state index is 13.2. The quantitative estimate of drug-likeness (QED) is 0.490. The monoisotopic (exact) mass is 360 g/mol. The van der Waals surface area contributed by atoms with Gasteiger partial charge in [0.1, 0.15) is 5.82 Å². The Bertz CT molecular complexity index is 798. The van der Waals surface area contributed by atoms with Gasteiger partial charge in [0.2, 0.25) is 0 Å². The molecule has 120 valence electrons. The van der Waals surface area contributed by atoms with Crippen molar-refractivity contribution in [3.05, 3.63) is 65.0 Å². The molecule has 0 saturated carbocycles. The molecule has 0 saturated heterocycles. The normalized spacial score (nSPS) is 10.3. The maximum Gasteiger partial charge on any atom is 0.194 e. The van der Waals surface area contributed by atoms with Crippen LogP contribution in [0, 0.1) is 23.3 Å². The third kappa shape index (κ3) is 3.80. The summed E-state index contributed by atoms with van der Waals surface area (Å²) in [5.74, 6) is -4.40. The molecule has 2 nitrogen and oxygen atoms in total. The summed E-state index contributed by atoms with van der Waals surface area (Å²) in [6.45, 7) is 0. The molecule has 0 aliphatic carbocycles. The summed E-state index contributed by atoms with van der Waals surface area (Å²) in [6.07, 6.45) is 0. The number of anilines is 2. The average molecular weight is 361 g/mol. The zero-order valence-corrected chi connectivity index (χ0v) is 13.0. The molecule has 0 radical (unpaired) electrons. The van der Waals surface area contributed by atoms with E-state index >= 15 is 0 Å². The Hall–Kier alpha value is -2.12. The highest BCUT2D eigenvalue weighted by Gasteiger charge is 2.13. The first-order chi connectivity index (χ1) is 10.5. The molecule has 3 aromatic rings. The Balaban J connectivity index is 0.00000192. The average Bonchev–Trinajstić information content (AvgIpc) is 2.95. The van der Waals surface area contributed by atoms with E-state index in [2.05, 4.69) is 10.3 Å². The van der Waals surface area contributed by atoms with Crippen LogP contribution in [-0.2, 0) is 0 Å². The van der Waals surface area contributed by atoms with Crippen LogP contribution in [0.2, 0.25) is 0 Å². The molecule has 1 N–H and O–H groups in total. The second-order valence-electron chi connectivity index (χ2n) is 4.42. The fraction of sp³-hybridized carbons (Fsp3) is 0. The van der Waals surface area contributed by atoms with E-state index in [9.17, 15) is 17.6 Å². The highest BCUT2D eigenvalue weighted by molar-refractivity contribution is 7.14. The van der Waals surface area contributed by atoms with E-state index < -0.39 is 17.5 Å². The van der Waals surface area contributed by atoms with Crippen LogP contribution in [0.3, 0.4) is 0 Å². The number of halogens is 5. The summed E-state index contributed by atoms with van der Waals surface area (Å²) in [6, 6.07) is 7.43. The summed E-state index contributed by atoms with van der Waals surface area (Å²) in [7, 11) is 0. The van der Waals surface area contributed by atoms with Crippen molar-refractivity contribution in [3.8, 4) is 11.3 Å². The maximum absolute atomic E-state index is 13.2. The van der Waals surface area contributed by atoms with E-state index in [1.165, 1.54) is 35.6 Å². The molecule has 8 heteroatoms. The highest BCUT2D eigenvalue weighted by atomic mass is 35.5. The minimum absolute atomic E-state index is 0. The molecule has 3 rings (SSSR count). The standard InChI is InChI=1S/C15H8F4N2S.ClH/c16-9-1-3-10(4-2-9)20-15-21-13(7-22-15)8-5-11(17)14(19)12(18)6-8;/h1-7H,(H,20,21);1H. The van der Waals surface area contributed by atoms with Gasteiger partial charge in [-0.3, -0.25) is 0 Å². The van der Waals surface area contributed by atoms with Crippen LogP contribution < -0.4 is 5.32 Å². The van der Waals surface area contributed by atoms with Crippen LogP contribution in [0.15, 0.2) is 41.8 Å². The molecule has 0 fully saturated rings. The number of hydrogen-bond acceptors (Lipinski definition) is 3. The van der Waals surface area contributed by atoms with Crippen molar-refractivity contribution >= 4 is 34.6 Å². The van der Waals surface area contributed by atoms with Gasteiger partial charge in [-0.05, 0) is 36.4 Å². The lowest BCUT2D eigenvalue weighted by Gasteiger charge is -2.02. The van der Waals surface area contributed by atoms with Gasteiger partial charge in [0, 0.05) is 16.6 Å². The van der Waals surface area contributed by atoms with Gasteiger partial charge in [-0.1, -0.05) is 0 Å². The number of hydrogen-bond donors (Lipinski definition) is 1. The Morgan fingerprint density at radius 2 is 1.52 bits per heavy atom. The lowest BCUT2D eigenvalue weighted by Crippen LogP contribution is -1.93. The van der Waals surface area contributed by atoms with Crippen molar-refractivity contribution in [3.63, 3.8) is 0 Å². The minimum atomic E-state index is -1.51. The lowest BCUT2D eigenvalue weighted by atomic mass is 10.1. The summed E-state index contributed by atoms with van der Waals surface area (Å²) in [4.78, 5) is 4.17. The second kappa shape index (κ2) is 6.97. The molecule has 0 unspecified atom stereocenters. The molecule has 0 bridgehead atoms. The molecule has 2 aromatic carbocycles. The van der Waals surface area contributed by atoms with Gasteiger partial charge in [0.05, 0.1) is 5.69 Å². The van der Waals surface area contributed by atoms with Crippen LogP contribution in [0.1, 0.15) is 0 Å². The predicted octanol–water partition coefficient (Wildman–Crippen LogP) is 5.53. The molecule has 1 heterocycles. The minimum Gasteiger partial charge on any atom is -0.332 e. The van der Waals surface area contributed by atoms with Crippen molar-refractivity contribution < 1.29 is 17.6 Å². The van der Waals surface area contributed by atoms with Gasteiger partial charge in [-0.2, -0.15) is 0 Å². The number of thiazole rings is 1. The second-order valence-corrected chi connectivity index (χ2v) is 5.28. The van der Waals surface area contributed by atoms with Crippen molar-refractivity contribution in [1.29, 1.82) is 0 Å². The highest BCUT2D eigenvalue weighted by Crippen LogP contribution is 2.29. The van der Waals surface area contributed by atoms with Crippen molar-refractivity contribution in [2.75, 3.05) is 5.32 Å². The van der Waals surface area contributed by atoms with Crippen molar-refractivity contribution in [2.45, 2.75) is 0 Å². The third-order valence-electron chi connectivity index (χ3n) is 2.88. The Morgan fingerprint density at radius 3 is 2.13 bits per heavy atom. The van der Waals surface area contributed by atoms with Gasteiger partial charge in [-0.15, -0.1) is 23.7 Å². The van der Waals surface area contributed by atoms with Crippen molar-refractivity contribution in [1.82, 2.24) is 4.98 Å².